The van der Waals surface area contributed by atoms with Gasteiger partial charge in [-0.15, -0.1) is 0 Å². The number of nitrogens with zero attached hydrogens (tertiary/aromatic N) is 1. The van der Waals surface area contributed by atoms with Crippen molar-refractivity contribution in [2.75, 3.05) is 5.73 Å². The van der Waals surface area contributed by atoms with Gasteiger partial charge < -0.3 is 10.3 Å². The summed E-state index contributed by atoms with van der Waals surface area (Å²) in [5.41, 5.74) is 9.68. The van der Waals surface area contributed by atoms with Crippen molar-refractivity contribution in [1.29, 1.82) is 0 Å². The first-order chi connectivity index (χ1) is 9.13. The normalized spacial score (nSPS) is 11.1. The van der Waals surface area contributed by atoms with Gasteiger partial charge in [0.2, 0.25) is 0 Å². The summed E-state index contributed by atoms with van der Waals surface area (Å²) in [5.74, 6) is -0.297. The molecular formula is C16H15FN2. The number of benzene rings is 2. The Hall–Kier alpha value is -2.29. The lowest BCUT2D eigenvalue weighted by atomic mass is 10.1. The van der Waals surface area contributed by atoms with Crippen LogP contribution in [0, 0.1) is 12.7 Å². The van der Waals surface area contributed by atoms with Gasteiger partial charge in [-0.05, 0) is 48.2 Å². The molecule has 0 aliphatic heterocycles. The summed E-state index contributed by atoms with van der Waals surface area (Å²) < 4.78 is 15.2. The van der Waals surface area contributed by atoms with E-state index >= 15 is 0 Å². The number of anilines is 1. The number of rotatable bonds is 2. The average Bonchev–Trinajstić information content (AvgIpc) is 2.75. The van der Waals surface area contributed by atoms with Crippen molar-refractivity contribution in [3.05, 3.63) is 65.6 Å². The molecule has 0 spiro atoms. The van der Waals surface area contributed by atoms with Crippen molar-refractivity contribution >= 4 is 16.6 Å². The third-order valence-corrected chi connectivity index (χ3v) is 3.38. The van der Waals surface area contributed by atoms with Crippen molar-refractivity contribution in [3.63, 3.8) is 0 Å². The molecule has 2 N–H and O–H groups in total. The first-order valence-corrected chi connectivity index (χ1v) is 6.23. The molecule has 2 nitrogen and oxygen atoms in total. The molecule has 0 amide bonds. The summed E-state index contributed by atoms with van der Waals surface area (Å²) in [7, 11) is 0. The smallest absolute Gasteiger partial charge is 0.125 e. The Morgan fingerprint density at radius 1 is 1.11 bits per heavy atom. The third kappa shape index (κ3) is 2.19. The van der Waals surface area contributed by atoms with Gasteiger partial charge in [-0.3, -0.25) is 0 Å². The van der Waals surface area contributed by atoms with Crippen LogP contribution in [-0.2, 0) is 6.54 Å². The van der Waals surface area contributed by atoms with E-state index in [9.17, 15) is 4.39 Å². The fourth-order valence-electron chi connectivity index (χ4n) is 2.35. The first-order valence-electron chi connectivity index (χ1n) is 6.23. The zero-order chi connectivity index (χ0) is 13.4. The van der Waals surface area contributed by atoms with Crippen LogP contribution in [0.2, 0.25) is 0 Å². The Morgan fingerprint density at radius 2 is 1.95 bits per heavy atom. The van der Waals surface area contributed by atoms with Crippen molar-refractivity contribution in [1.82, 2.24) is 4.57 Å². The molecule has 19 heavy (non-hydrogen) atoms. The van der Waals surface area contributed by atoms with E-state index in [2.05, 4.69) is 35.8 Å². The Kier molecular flexibility index (Phi) is 2.75. The number of fused-ring (bicyclic) bond motifs is 1. The lowest BCUT2D eigenvalue weighted by molar-refractivity contribution is 0.627. The van der Waals surface area contributed by atoms with Gasteiger partial charge in [-0.1, -0.05) is 17.7 Å². The van der Waals surface area contributed by atoms with E-state index in [1.807, 2.05) is 6.20 Å². The SMILES string of the molecule is Cc1ccc2c(ccn2Cc2ccc(F)cc2N)c1. The van der Waals surface area contributed by atoms with Crippen LogP contribution < -0.4 is 5.73 Å². The molecule has 0 fully saturated rings. The fourth-order valence-corrected chi connectivity index (χ4v) is 2.35. The van der Waals surface area contributed by atoms with Gasteiger partial charge in [0.05, 0.1) is 0 Å². The second kappa shape index (κ2) is 4.43. The lowest BCUT2D eigenvalue weighted by Crippen LogP contribution is -2.02. The summed E-state index contributed by atoms with van der Waals surface area (Å²) in [4.78, 5) is 0. The Labute approximate surface area is 111 Å². The summed E-state index contributed by atoms with van der Waals surface area (Å²) >= 11 is 0. The fraction of sp³-hybridized carbons (Fsp3) is 0.125. The topological polar surface area (TPSA) is 30.9 Å². The molecule has 1 aromatic heterocycles. The molecule has 3 heteroatoms. The van der Waals surface area contributed by atoms with Crippen molar-refractivity contribution in [3.8, 4) is 0 Å². The second-order valence-corrected chi connectivity index (χ2v) is 4.85. The molecule has 0 aliphatic rings. The minimum atomic E-state index is -0.297. The van der Waals surface area contributed by atoms with E-state index in [1.54, 1.807) is 6.07 Å². The summed E-state index contributed by atoms with van der Waals surface area (Å²) in [6.45, 7) is 2.73. The molecule has 3 rings (SSSR count). The highest BCUT2D eigenvalue weighted by Gasteiger charge is 2.05. The van der Waals surface area contributed by atoms with E-state index in [4.69, 9.17) is 5.73 Å². The van der Waals surface area contributed by atoms with Crippen molar-refractivity contribution in [2.45, 2.75) is 13.5 Å². The average molecular weight is 254 g/mol. The van der Waals surface area contributed by atoms with Crippen LogP contribution in [0.5, 0.6) is 0 Å². The Morgan fingerprint density at radius 3 is 2.74 bits per heavy atom. The third-order valence-electron chi connectivity index (χ3n) is 3.38. The van der Waals surface area contributed by atoms with Crippen molar-refractivity contribution in [2.24, 2.45) is 0 Å². The number of nitrogen functional groups attached to an aromatic ring is 1. The van der Waals surface area contributed by atoms with Crippen LogP contribution in [0.1, 0.15) is 11.1 Å². The van der Waals surface area contributed by atoms with Crippen LogP contribution in [0.15, 0.2) is 48.7 Å². The minimum absolute atomic E-state index is 0.297. The van der Waals surface area contributed by atoms with Crippen LogP contribution in [0.3, 0.4) is 0 Å². The van der Waals surface area contributed by atoms with Crippen LogP contribution in [-0.4, -0.2) is 4.57 Å². The summed E-state index contributed by atoms with van der Waals surface area (Å²) in [5, 5.41) is 1.21. The van der Waals surface area contributed by atoms with Crippen LogP contribution >= 0.6 is 0 Å². The largest absolute Gasteiger partial charge is 0.398 e. The quantitative estimate of drug-likeness (QED) is 0.694. The predicted octanol–water partition coefficient (Wildman–Crippen LogP) is 3.72. The van der Waals surface area contributed by atoms with E-state index < -0.39 is 0 Å². The molecule has 96 valence electrons. The number of aromatic nitrogens is 1. The van der Waals surface area contributed by atoms with E-state index in [-0.39, 0.29) is 5.82 Å². The standard InChI is InChI=1S/C16H15FN2/c1-11-2-5-16-12(8-11)6-7-19(16)10-13-3-4-14(17)9-15(13)18/h2-9H,10,18H2,1H3. The molecule has 0 bridgehead atoms. The maximum atomic E-state index is 13.0. The maximum Gasteiger partial charge on any atom is 0.125 e. The number of aryl methyl sites for hydroxylation is 1. The molecule has 0 saturated heterocycles. The molecule has 0 aliphatic carbocycles. The van der Waals surface area contributed by atoms with E-state index in [0.29, 0.717) is 12.2 Å². The van der Waals surface area contributed by atoms with Gasteiger partial charge in [-0.25, -0.2) is 4.39 Å². The summed E-state index contributed by atoms with van der Waals surface area (Å²) in [6.07, 6.45) is 2.03. The monoisotopic (exact) mass is 254 g/mol. The molecule has 0 saturated carbocycles. The Bertz CT molecular complexity index is 744. The maximum absolute atomic E-state index is 13.0. The van der Waals surface area contributed by atoms with Gasteiger partial charge in [0, 0.05) is 23.9 Å². The highest BCUT2D eigenvalue weighted by atomic mass is 19.1. The van der Waals surface area contributed by atoms with Gasteiger partial charge in [0.25, 0.3) is 0 Å². The van der Waals surface area contributed by atoms with Gasteiger partial charge in [-0.2, -0.15) is 0 Å². The van der Waals surface area contributed by atoms with Crippen LogP contribution in [0.25, 0.3) is 10.9 Å². The predicted molar refractivity (Wildman–Crippen MR) is 76.6 cm³/mol. The minimum Gasteiger partial charge on any atom is -0.398 e. The van der Waals surface area contributed by atoms with E-state index in [0.717, 1.165) is 11.1 Å². The van der Waals surface area contributed by atoms with E-state index in [1.165, 1.54) is 23.1 Å². The van der Waals surface area contributed by atoms with Gasteiger partial charge in [0.15, 0.2) is 0 Å². The zero-order valence-electron chi connectivity index (χ0n) is 10.7. The number of nitrogens with two attached hydrogens (primary N) is 1. The summed E-state index contributed by atoms with van der Waals surface area (Å²) in [6, 6.07) is 13.0. The number of halogens is 1. The highest BCUT2D eigenvalue weighted by Crippen LogP contribution is 2.21. The number of hydrogen-bond donors (Lipinski definition) is 1. The highest BCUT2D eigenvalue weighted by molar-refractivity contribution is 5.81. The van der Waals surface area contributed by atoms with Gasteiger partial charge in [0.1, 0.15) is 5.82 Å². The molecule has 0 radical (unpaired) electrons. The molecule has 0 unspecified atom stereocenters. The second-order valence-electron chi connectivity index (χ2n) is 4.85. The molecular weight excluding hydrogens is 239 g/mol. The molecule has 0 atom stereocenters. The van der Waals surface area contributed by atoms with Gasteiger partial charge >= 0.3 is 0 Å². The van der Waals surface area contributed by atoms with Crippen LogP contribution in [0.4, 0.5) is 10.1 Å². The molecule has 3 aromatic rings. The van der Waals surface area contributed by atoms with Crippen molar-refractivity contribution < 1.29 is 4.39 Å². The lowest BCUT2D eigenvalue weighted by Gasteiger charge is -2.09. The molecule has 1 heterocycles. The Balaban J connectivity index is 2.01. The zero-order valence-corrected chi connectivity index (χ0v) is 10.7. The number of hydrogen-bond acceptors (Lipinski definition) is 1. The first kappa shape index (κ1) is 11.8. The molecule has 2 aromatic carbocycles.